The van der Waals surface area contributed by atoms with Gasteiger partial charge in [-0.3, -0.25) is 0 Å². The average molecular weight is 332 g/mol. The lowest BCUT2D eigenvalue weighted by atomic mass is 9.99. The van der Waals surface area contributed by atoms with Gasteiger partial charge in [-0.15, -0.1) is 0 Å². The van der Waals surface area contributed by atoms with Gasteiger partial charge in [-0.05, 0) is 39.0 Å². The van der Waals surface area contributed by atoms with Crippen LogP contribution in [0.1, 0.15) is 40.0 Å². The Hall–Kier alpha value is -0.990. The van der Waals surface area contributed by atoms with Crippen LogP contribution in [0.4, 0.5) is 0 Å². The number of carbonyl (C=O) groups is 1. The van der Waals surface area contributed by atoms with Crippen molar-refractivity contribution in [1.82, 2.24) is 0 Å². The van der Waals surface area contributed by atoms with Gasteiger partial charge in [0.2, 0.25) is 0 Å². The summed E-state index contributed by atoms with van der Waals surface area (Å²) >= 11 is 0. The van der Waals surface area contributed by atoms with E-state index in [2.05, 4.69) is 13.0 Å². The number of rotatable bonds is 8. The molecule has 0 saturated carbocycles. The SMILES string of the molecule is CC(C)=CCCC(C)CCO[C@@H]1O[C@H](C(=O)O)[C@@H](O)[C@H](O)[C@H]1O. The van der Waals surface area contributed by atoms with Crippen LogP contribution < -0.4 is 0 Å². The molecule has 0 aromatic carbocycles. The van der Waals surface area contributed by atoms with Gasteiger partial charge >= 0.3 is 5.97 Å². The lowest BCUT2D eigenvalue weighted by Crippen LogP contribution is -2.60. The van der Waals surface area contributed by atoms with Gasteiger partial charge in [0.05, 0.1) is 6.61 Å². The number of aliphatic hydroxyl groups excluding tert-OH is 3. The second-order valence-corrected chi connectivity index (χ2v) is 6.36. The molecule has 7 heteroatoms. The van der Waals surface area contributed by atoms with Crippen LogP contribution in [0.2, 0.25) is 0 Å². The van der Waals surface area contributed by atoms with Gasteiger partial charge in [0.15, 0.2) is 12.4 Å². The molecule has 134 valence electrons. The molecule has 0 aromatic rings. The van der Waals surface area contributed by atoms with Crippen molar-refractivity contribution in [3.8, 4) is 0 Å². The van der Waals surface area contributed by atoms with E-state index in [0.717, 1.165) is 19.3 Å². The van der Waals surface area contributed by atoms with Crippen LogP contribution in [0.25, 0.3) is 0 Å². The van der Waals surface area contributed by atoms with Crippen LogP contribution in [0.3, 0.4) is 0 Å². The number of carboxylic acid groups (broad SMARTS) is 1. The largest absolute Gasteiger partial charge is 0.479 e. The zero-order chi connectivity index (χ0) is 17.6. The highest BCUT2D eigenvalue weighted by molar-refractivity contribution is 5.73. The number of aliphatic hydroxyl groups is 3. The summed E-state index contributed by atoms with van der Waals surface area (Å²) in [7, 11) is 0. The molecule has 0 bridgehead atoms. The number of hydrogen-bond donors (Lipinski definition) is 4. The molecule has 1 heterocycles. The molecule has 7 nitrogen and oxygen atoms in total. The van der Waals surface area contributed by atoms with Crippen molar-refractivity contribution < 1.29 is 34.7 Å². The number of allylic oxidation sites excluding steroid dienone is 2. The van der Waals surface area contributed by atoms with E-state index in [4.69, 9.17) is 14.6 Å². The predicted molar refractivity (Wildman–Crippen MR) is 82.7 cm³/mol. The third-order valence-corrected chi connectivity index (χ3v) is 3.92. The molecule has 1 fully saturated rings. The quantitative estimate of drug-likeness (QED) is 0.483. The van der Waals surface area contributed by atoms with Crippen LogP contribution >= 0.6 is 0 Å². The smallest absolute Gasteiger partial charge is 0.335 e. The van der Waals surface area contributed by atoms with Crippen molar-refractivity contribution in [2.45, 2.75) is 70.7 Å². The Morgan fingerprint density at radius 3 is 2.39 bits per heavy atom. The van der Waals surface area contributed by atoms with Crippen LogP contribution in [0, 0.1) is 5.92 Å². The van der Waals surface area contributed by atoms with Gasteiger partial charge in [0.25, 0.3) is 0 Å². The molecule has 0 amide bonds. The highest BCUT2D eigenvalue weighted by Gasteiger charge is 2.47. The summed E-state index contributed by atoms with van der Waals surface area (Å²) in [6.45, 7) is 6.45. The van der Waals surface area contributed by atoms with Gasteiger partial charge in [0.1, 0.15) is 18.3 Å². The summed E-state index contributed by atoms with van der Waals surface area (Å²) in [4.78, 5) is 11.0. The topological polar surface area (TPSA) is 116 Å². The zero-order valence-corrected chi connectivity index (χ0v) is 13.9. The van der Waals surface area contributed by atoms with E-state index in [-0.39, 0.29) is 6.61 Å². The van der Waals surface area contributed by atoms with Crippen molar-refractivity contribution in [2.24, 2.45) is 5.92 Å². The molecule has 23 heavy (non-hydrogen) atoms. The van der Waals surface area contributed by atoms with Crippen LogP contribution in [0.15, 0.2) is 11.6 Å². The van der Waals surface area contributed by atoms with Crippen molar-refractivity contribution in [3.63, 3.8) is 0 Å². The maximum absolute atomic E-state index is 11.0. The summed E-state index contributed by atoms with van der Waals surface area (Å²) < 4.78 is 10.4. The van der Waals surface area contributed by atoms with E-state index in [9.17, 15) is 20.1 Å². The van der Waals surface area contributed by atoms with E-state index in [1.165, 1.54) is 5.57 Å². The fourth-order valence-electron chi connectivity index (χ4n) is 2.38. The van der Waals surface area contributed by atoms with Gasteiger partial charge in [-0.2, -0.15) is 0 Å². The first kappa shape index (κ1) is 20.1. The lowest BCUT2D eigenvalue weighted by molar-refractivity contribution is -0.294. The summed E-state index contributed by atoms with van der Waals surface area (Å²) in [6.07, 6.45) is -2.80. The summed E-state index contributed by atoms with van der Waals surface area (Å²) in [5.41, 5.74) is 1.28. The van der Waals surface area contributed by atoms with Crippen LogP contribution in [-0.2, 0) is 14.3 Å². The molecule has 1 aliphatic heterocycles. The maximum atomic E-state index is 11.0. The van der Waals surface area contributed by atoms with Crippen LogP contribution in [-0.4, -0.2) is 63.7 Å². The number of carboxylic acids is 1. The van der Waals surface area contributed by atoms with E-state index >= 15 is 0 Å². The first-order valence-electron chi connectivity index (χ1n) is 7.91. The minimum atomic E-state index is -1.69. The molecule has 6 atom stereocenters. The normalized spacial score (nSPS) is 32.3. The fourth-order valence-corrected chi connectivity index (χ4v) is 2.38. The van der Waals surface area contributed by atoms with Crippen molar-refractivity contribution in [2.75, 3.05) is 6.61 Å². The summed E-state index contributed by atoms with van der Waals surface area (Å²) in [6, 6.07) is 0. The predicted octanol–water partition coefficient (Wildman–Crippen LogP) is 0.668. The monoisotopic (exact) mass is 332 g/mol. The minimum Gasteiger partial charge on any atom is -0.479 e. The van der Waals surface area contributed by atoms with E-state index in [1.807, 2.05) is 13.8 Å². The standard InChI is InChI=1S/C16H28O7/c1-9(2)5-4-6-10(3)7-8-22-16-13(19)11(17)12(18)14(23-16)15(20)21/h5,10-14,16-19H,4,6-8H2,1-3H3,(H,20,21)/t10?,11-,12-,13+,14-,16+/m0/s1. The van der Waals surface area contributed by atoms with Gasteiger partial charge in [0, 0.05) is 0 Å². The van der Waals surface area contributed by atoms with Crippen molar-refractivity contribution in [1.29, 1.82) is 0 Å². The highest BCUT2D eigenvalue weighted by Crippen LogP contribution is 2.23. The van der Waals surface area contributed by atoms with Crippen LogP contribution in [0.5, 0.6) is 0 Å². The number of ether oxygens (including phenoxy) is 2. The van der Waals surface area contributed by atoms with Gasteiger partial charge < -0.3 is 29.9 Å². The molecule has 1 unspecified atom stereocenters. The van der Waals surface area contributed by atoms with Gasteiger partial charge in [-0.1, -0.05) is 18.6 Å². The molecular weight excluding hydrogens is 304 g/mol. The van der Waals surface area contributed by atoms with Gasteiger partial charge in [-0.25, -0.2) is 4.79 Å². The molecule has 0 aliphatic carbocycles. The lowest BCUT2D eigenvalue weighted by Gasteiger charge is -2.38. The second-order valence-electron chi connectivity index (χ2n) is 6.36. The first-order valence-corrected chi connectivity index (χ1v) is 7.91. The number of hydrogen-bond acceptors (Lipinski definition) is 6. The Kier molecular flexibility index (Phi) is 8.15. The minimum absolute atomic E-state index is 0.271. The second kappa shape index (κ2) is 9.34. The van der Waals surface area contributed by atoms with E-state index in [1.54, 1.807) is 0 Å². The fraction of sp³-hybridized carbons (Fsp3) is 0.812. The van der Waals surface area contributed by atoms with E-state index < -0.39 is 36.7 Å². The number of aliphatic carboxylic acids is 1. The third-order valence-electron chi connectivity index (χ3n) is 3.92. The highest BCUT2D eigenvalue weighted by atomic mass is 16.7. The maximum Gasteiger partial charge on any atom is 0.335 e. The molecule has 0 spiro atoms. The average Bonchev–Trinajstić information content (AvgIpc) is 2.46. The molecule has 0 aromatic heterocycles. The van der Waals surface area contributed by atoms with Crippen molar-refractivity contribution >= 4 is 5.97 Å². The molecule has 0 radical (unpaired) electrons. The molecule has 4 N–H and O–H groups in total. The first-order chi connectivity index (χ1) is 10.7. The Morgan fingerprint density at radius 1 is 1.17 bits per heavy atom. The Bertz CT molecular complexity index is 405. The molecule has 1 saturated heterocycles. The summed E-state index contributed by atoms with van der Waals surface area (Å²) in [5.74, 6) is -1.01. The Morgan fingerprint density at radius 2 is 1.83 bits per heavy atom. The molecule has 1 rings (SSSR count). The summed E-state index contributed by atoms with van der Waals surface area (Å²) in [5, 5.41) is 38.0. The molecular formula is C16H28O7. The van der Waals surface area contributed by atoms with E-state index in [0.29, 0.717) is 5.92 Å². The zero-order valence-electron chi connectivity index (χ0n) is 13.9. The van der Waals surface area contributed by atoms with Crippen molar-refractivity contribution in [3.05, 3.63) is 11.6 Å². The third kappa shape index (κ3) is 6.19. The molecule has 1 aliphatic rings. The Labute approximate surface area is 136 Å². The Balaban J connectivity index is 2.41.